The van der Waals surface area contributed by atoms with Crippen LogP contribution in [0, 0.1) is 64.2 Å². The highest BCUT2D eigenvalue weighted by molar-refractivity contribution is 5.50. The molecule has 0 radical (unpaired) electrons. The fourth-order valence-corrected chi connectivity index (χ4v) is 9.86. The van der Waals surface area contributed by atoms with Crippen LogP contribution in [0.25, 0.3) is 0 Å². The third-order valence-corrected chi connectivity index (χ3v) is 14.7. The summed E-state index contributed by atoms with van der Waals surface area (Å²) in [7, 11) is 0. The number of ether oxygens (including phenoxy) is 1. The average molecular weight is 863 g/mol. The number of allylic oxidation sites excluding steroid dienone is 10. The van der Waals surface area contributed by atoms with E-state index in [1.807, 2.05) is 6.07 Å². The minimum atomic E-state index is 0.574. The van der Waals surface area contributed by atoms with E-state index in [0.29, 0.717) is 23.7 Å². The Hall–Kier alpha value is -3.06. The summed E-state index contributed by atoms with van der Waals surface area (Å²) in [5, 5.41) is 0. The van der Waals surface area contributed by atoms with E-state index in [1.165, 1.54) is 114 Å². The van der Waals surface area contributed by atoms with Gasteiger partial charge in [-0.05, 0) is 205 Å². The second kappa shape index (κ2) is 28.8. The molecule has 2 aromatic carbocycles. The highest BCUT2D eigenvalue weighted by atomic mass is 16.5. The molecule has 4 aliphatic rings. The minimum absolute atomic E-state index is 0.574. The first-order valence-electron chi connectivity index (χ1n) is 25.5. The van der Waals surface area contributed by atoms with E-state index in [9.17, 15) is 0 Å². The molecular formula is C62H102O. The maximum absolute atomic E-state index is 5.40. The van der Waals surface area contributed by atoms with Crippen LogP contribution in [0.1, 0.15) is 233 Å². The lowest BCUT2D eigenvalue weighted by Crippen LogP contribution is -2.12. The van der Waals surface area contributed by atoms with Crippen LogP contribution in [0.4, 0.5) is 0 Å². The van der Waals surface area contributed by atoms with Gasteiger partial charge in [0.25, 0.3) is 0 Å². The minimum Gasteiger partial charge on any atom is -0.498 e. The van der Waals surface area contributed by atoms with Gasteiger partial charge in [0.05, 0.1) is 12.4 Å². The highest BCUT2D eigenvalue weighted by Gasteiger charge is 2.19. The third-order valence-electron chi connectivity index (χ3n) is 14.7. The van der Waals surface area contributed by atoms with Crippen molar-refractivity contribution in [3.63, 3.8) is 0 Å². The zero-order valence-electron chi connectivity index (χ0n) is 46.0. The fraction of sp³-hybridized carbons (Fsp3) is 0.645. The van der Waals surface area contributed by atoms with E-state index in [0.717, 1.165) is 24.4 Å². The Balaban J connectivity index is 0.000000381. The van der Waals surface area contributed by atoms with Crippen LogP contribution < -0.4 is 0 Å². The van der Waals surface area contributed by atoms with Crippen LogP contribution in [-0.2, 0) is 4.74 Å². The molecule has 0 amide bonds. The Bertz CT molecular complexity index is 1810. The zero-order chi connectivity index (χ0) is 48.3. The predicted molar refractivity (Wildman–Crippen MR) is 285 cm³/mol. The van der Waals surface area contributed by atoms with Gasteiger partial charge >= 0.3 is 0 Å². The van der Waals surface area contributed by atoms with Crippen LogP contribution in [0.3, 0.4) is 0 Å². The summed E-state index contributed by atoms with van der Waals surface area (Å²) in [5.41, 5.74) is 22.9. The second-order valence-electron chi connectivity index (χ2n) is 21.5. The first-order chi connectivity index (χ1) is 29.4. The normalized spacial score (nSPS) is 16.6. The van der Waals surface area contributed by atoms with Crippen molar-refractivity contribution in [1.29, 1.82) is 0 Å². The molecule has 0 saturated heterocycles. The molecule has 1 heterocycles. The summed E-state index contributed by atoms with van der Waals surface area (Å²) < 4.78 is 5.40. The quantitative estimate of drug-likeness (QED) is 0.281. The lowest BCUT2D eigenvalue weighted by atomic mass is 9.82. The number of hydrogen-bond acceptors (Lipinski definition) is 1. The molecule has 1 aliphatic heterocycles. The topological polar surface area (TPSA) is 9.23 Å². The lowest BCUT2D eigenvalue weighted by Gasteiger charge is -2.24. The van der Waals surface area contributed by atoms with E-state index >= 15 is 0 Å². The molecule has 0 atom stereocenters. The number of hydrogen-bond donors (Lipinski definition) is 0. The lowest BCUT2D eigenvalue weighted by molar-refractivity contribution is 0.167. The summed E-state index contributed by atoms with van der Waals surface area (Å²) in [4.78, 5) is 0. The fourth-order valence-electron chi connectivity index (χ4n) is 9.86. The molecule has 0 N–H and O–H groups in total. The van der Waals surface area contributed by atoms with Gasteiger partial charge in [-0.15, -0.1) is 0 Å². The van der Waals surface area contributed by atoms with Crippen molar-refractivity contribution in [2.45, 2.75) is 229 Å². The van der Waals surface area contributed by atoms with E-state index in [-0.39, 0.29) is 0 Å². The largest absolute Gasteiger partial charge is 0.498 e. The first-order valence-corrected chi connectivity index (χ1v) is 25.5. The van der Waals surface area contributed by atoms with Gasteiger partial charge in [0.2, 0.25) is 0 Å². The maximum Gasteiger partial charge on any atom is 0.0945 e. The summed E-state index contributed by atoms with van der Waals surface area (Å²) in [6.45, 7) is 52.8. The van der Waals surface area contributed by atoms with Crippen molar-refractivity contribution in [1.82, 2.24) is 0 Å². The van der Waals surface area contributed by atoms with Gasteiger partial charge in [-0.1, -0.05) is 168 Å². The number of rotatable bonds is 6. The van der Waals surface area contributed by atoms with Gasteiger partial charge in [0, 0.05) is 5.92 Å². The van der Waals surface area contributed by atoms with Gasteiger partial charge in [-0.25, -0.2) is 0 Å². The van der Waals surface area contributed by atoms with Crippen LogP contribution in [0.15, 0.2) is 86.8 Å². The molecule has 0 aromatic heterocycles. The molecule has 2 aromatic rings. The summed E-state index contributed by atoms with van der Waals surface area (Å²) in [6, 6.07) is 10.5. The summed E-state index contributed by atoms with van der Waals surface area (Å²) in [5.74, 6) is 6.46. The Labute approximate surface area is 393 Å². The summed E-state index contributed by atoms with van der Waals surface area (Å²) in [6.07, 6.45) is 14.5. The Kier molecular flexibility index (Phi) is 26.5. The molecule has 356 valence electrons. The molecule has 0 unspecified atom stereocenters. The van der Waals surface area contributed by atoms with Crippen LogP contribution >= 0.6 is 0 Å². The number of benzene rings is 2. The zero-order valence-corrected chi connectivity index (χ0v) is 46.0. The Morgan fingerprint density at radius 2 is 0.968 bits per heavy atom. The van der Waals surface area contributed by atoms with Gasteiger partial charge in [-0.3, -0.25) is 0 Å². The Morgan fingerprint density at radius 3 is 1.24 bits per heavy atom. The molecule has 1 nitrogen and oxygen atoms in total. The second-order valence-corrected chi connectivity index (χ2v) is 21.5. The van der Waals surface area contributed by atoms with E-state index in [1.54, 1.807) is 33.4 Å². The van der Waals surface area contributed by atoms with Gasteiger partial charge in [0.1, 0.15) is 0 Å². The molecule has 1 heteroatoms. The SMILES string of the molecule is CC(C)C1=CCCCO1.CC(C)C1CCCCC1.CC(C)c1ccccc1.CC1=C(C)C(C(C)C)=C(C)C1.CC1=C(C)C(C)=C(C(C)C)C1.Cc1c(C)c(C)c(C(C)C)c(C)c1C. The van der Waals surface area contributed by atoms with Crippen molar-refractivity contribution in [3.8, 4) is 0 Å². The molecule has 1 fully saturated rings. The Morgan fingerprint density at radius 1 is 0.460 bits per heavy atom. The molecule has 63 heavy (non-hydrogen) atoms. The standard InChI is InChI=1S/C14H22.2C11H18.C9H18.C9H12.C8H14O/c1-8(2)14-12(6)10(4)9(3)11(5)13(14)7;1-7(2)11-6-8(3)9(4)10(11)5;1-7(2)11-9(4)6-8(3)10(11)5;2*1-8(2)9-6-4-3-5-7-9;1-7(2)8-5-3-4-6-9-8/h8H,1-7H3;2*7H,6H2,1-5H3;8-9H,3-7H2,1-2H3;3-8H,1-2H3;5,7H,3-4,6H2,1-2H3. The molecule has 0 spiro atoms. The highest BCUT2D eigenvalue weighted by Crippen LogP contribution is 2.37. The third kappa shape index (κ3) is 18.8. The van der Waals surface area contributed by atoms with Crippen LogP contribution in [-0.4, -0.2) is 6.61 Å². The van der Waals surface area contributed by atoms with Crippen molar-refractivity contribution in [2.75, 3.05) is 6.61 Å². The van der Waals surface area contributed by atoms with Crippen molar-refractivity contribution < 1.29 is 4.74 Å². The average Bonchev–Trinajstić information content (AvgIpc) is 3.67. The van der Waals surface area contributed by atoms with Crippen LogP contribution in [0.5, 0.6) is 0 Å². The van der Waals surface area contributed by atoms with Crippen LogP contribution in [0.2, 0.25) is 0 Å². The van der Waals surface area contributed by atoms with Gasteiger partial charge < -0.3 is 4.74 Å². The van der Waals surface area contributed by atoms with E-state index in [2.05, 4.69) is 190 Å². The van der Waals surface area contributed by atoms with E-state index < -0.39 is 0 Å². The molecule has 0 bridgehead atoms. The monoisotopic (exact) mass is 863 g/mol. The first kappa shape index (κ1) is 58.0. The van der Waals surface area contributed by atoms with Crippen molar-refractivity contribution in [2.24, 2.45) is 29.6 Å². The summed E-state index contributed by atoms with van der Waals surface area (Å²) >= 11 is 0. The van der Waals surface area contributed by atoms with Crippen molar-refractivity contribution in [3.05, 3.63) is 126 Å². The van der Waals surface area contributed by atoms with Gasteiger partial charge in [0.15, 0.2) is 0 Å². The molecular weight excluding hydrogens is 761 g/mol. The van der Waals surface area contributed by atoms with E-state index in [4.69, 9.17) is 4.74 Å². The smallest absolute Gasteiger partial charge is 0.0945 e. The molecule has 1 saturated carbocycles. The predicted octanol–water partition coefficient (Wildman–Crippen LogP) is 20.1. The van der Waals surface area contributed by atoms with Gasteiger partial charge in [-0.2, -0.15) is 0 Å². The molecule has 3 aliphatic carbocycles. The molecule has 6 rings (SSSR count). The van der Waals surface area contributed by atoms with Crippen molar-refractivity contribution >= 4 is 0 Å². The maximum atomic E-state index is 5.40.